The second-order valence-corrected chi connectivity index (χ2v) is 5.43. The lowest BCUT2D eigenvalue weighted by atomic mass is 9.95. The number of nitrogens with one attached hydrogen (secondary N) is 1. The highest BCUT2D eigenvalue weighted by molar-refractivity contribution is 14.0. The first-order chi connectivity index (χ1) is 10.2. The van der Waals surface area contributed by atoms with Crippen molar-refractivity contribution < 1.29 is 9.21 Å². The number of guanidine groups is 1. The average Bonchev–Trinajstić information content (AvgIpc) is 2.96. The topological polar surface area (TPSA) is 83.9 Å². The number of primary amides is 1. The van der Waals surface area contributed by atoms with Gasteiger partial charge >= 0.3 is 0 Å². The maximum atomic E-state index is 11.1. The second-order valence-electron chi connectivity index (χ2n) is 5.43. The first-order valence-electron chi connectivity index (χ1n) is 7.45. The van der Waals surface area contributed by atoms with Crippen molar-refractivity contribution >= 4 is 35.8 Å². The van der Waals surface area contributed by atoms with Crippen molar-refractivity contribution in [2.24, 2.45) is 16.6 Å². The Kier molecular flexibility index (Phi) is 8.29. The maximum Gasteiger partial charge on any atom is 0.217 e. The first-order valence-corrected chi connectivity index (χ1v) is 7.45. The zero-order valence-electron chi connectivity index (χ0n) is 13.0. The lowest BCUT2D eigenvalue weighted by molar-refractivity contribution is -0.119. The molecule has 0 aromatic carbocycles. The highest BCUT2D eigenvalue weighted by Gasteiger charge is 2.23. The summed E-state index contributed by atoms with van der Waals surface area (Å²) in [5, 5.41) is 3.35. The van der Waals surface area contributed by atoms with Crippen LogP contribution in [0.25, 0.3) is 0 Å². The van der Waals surface area contributed by atoms with Crippen LogP contribution in [-0.4, -0.2) is 43.4 Å². The van der Waals surface area contributed by atoms with Gasteiger partial charge < -0.3 is 20.4 Å². The molecular formula is C15H25IN4O2. The van der Waals surface area contributed by atoms with Crippen LogP contribution in [0.4, 0.5) is 0 Å². The molecule has 1 saturated heterocycles. The molecule has 1 aromatic rings. The van der Waals surface area contributed by atoms with Crippen LogP contribution in [0.15, 0.2) is 27.8 Å². The van der Waals surface area contributed by atoms with Crippen molar-refractivity contribution in [3.8, 4) is 0 Å². The van der Waals surface area contributed by atoms with E-state index in [4.69, 9.17) is 10.2 Å². The summed E-state index contributed by atoms with van der Waals surface area (Å²) in [6, 6.07) is 3.86. The van der Waals surface area contributed by atoms with Gasteiger partial charge in [-0.25, -0.2) is 0 Å². The first kappa shape index (κ1) is 18.8. The number of nitrogens with two attached hydrogens (primary N) is 1. The number of carbonyl (C=O) groups excluding carboxylic acids is 1. The maximum absolute atomic E-state index is 11.1. The summed E-state index contributed by atoms with van der Waals surface area (Å²) in [5.74, 6) is 1.96. The zero-order chi connectivity index (χ0) is 15.1. The molecule has 6 nitrogen and oxygen atoms in total. The third kappa shape index (κ3) is 5.86. The summed E-state index contributed by atoms with van der Waals surface area (Å²) in [6.45, 7) is 2.58. The van der Waals surface area contributed by atoms with E-state index in [9.17, 15) is 4.79 Å². The van der Waals surface area contributed by atoms with E-state index in [0.29, 0.717) is 12.3 Å². The fraction of sp³-hybridized carbons (Fsp3) is 0.600. The average molecular weight is 420 g/mol. The molecule has 0 radical (unpaired) electrons. The van der Waals surface area contributed by atoms with Crippen LogP contribution in [-0.2, 0) is 11.2 Å². The molecule has 0 aliphatic carbocycles. The minimum Gasteiger partial charge on any atom is -0.469 e. The van der Waals surface area contributed by atoms with E-state index in [1.807, 2.05) is 12.1 Å². The molecule has 124 valence electrons. The van der Waals surface area contributed by atoms with Gasteiger partial charge in [0.2, 0.25) is 5.91 Å². The highest BCUT2D eigenvalue weighted by Crippen LogP contribution is 2.19. The van der Waals surface area contributed by atoms with Crippen LogP contribution < -0.4 is 11.1 Å². The molecule has 0 bridgehead atoms. The molecule has 0 saturated carbocycles. The largest absolute Gasteiger partial charge is 0.469 e. The fourth-order valence-corrected chi connectivity index (χ4v) is 2.79. The van der Waals surface area contributed by atoms with Crippen molar-refractivity contribution in [2.75, 3.05) is 26.7 Å². The zero-order valence-corrected chi connectivity index (χ0v) is 15.3. The number of likely N-dealkylation sites (tertiary alicyclic amines) is 1. The molecule has 1 aromatic heterocycles. The Hall–Kier alpha value is -1.25. The van der Waals surface area contributed by atoms with Gasteiger partial charge in [-0.2, -0.15) is 0 Å². The van der Waals surface area contributed by atoms with E-state index in [0.717, 1.165) is 50.6 Å². The SMILES string of the molecule is CN=C(NCCc1ccco1)N1CCCC(CC(N)=O)C1.I. The van der Waals surface area contributed by atoms with Crippen LogP contribution in [0.3, 0.4) is 0 Å². The molecule has 0 spiro atoms. The second kappa shape index (κ2) is 9.70. The molecule has 1 fully saturated rings. The Morgan fingerprint density at radius 3 is 3.05 bits per heavy atom. The third-order valence-electron chi connectivity index (χ3n) is 3.75. The Morgan fingerprint density at radius 1 is 1.59 bits per heavy atom. The third-order valence-corrected chi connectivity index (χ3v) is 3.75. The minimum atomic E-state index is -0.220. The Bertz CT molecular complexity index is 476. The van der Waals surface area contributed by atoms with Gasteiger partial charge in [0.05, 0.1) is 6.26 Å². The predicted octanol–water partition coefficient (Wildman–Crippen LogP) is 1.60. The summed E-state index contributed by atoms with van der Waals surface area (Å²) in [4.78, 5) is 17.6. The molecule has 1 amide bonds. The molecule has 1 unspecified atom stereocenters. The van der Waals surface area contributed by atoms with E-state index in [2.05, 4.69) is 15.2 Å². The number of halogens is 1. The highest BCUT2D eigenvalue weighted by atomic mass is 127. The van der Waals surface area contributed by atoms with Crippen molar-refractivity contribution in [3.05, 3.63) is 24.2 Å². The van der Waals surface area contributed by atoms with Crippen molar-refractivity contribution in [1.82, 2.24) is 10.2 Å². The van der Waals surface area contributed by atoms with Gasteiger partial charge in [0.1, 0.15) is 5.76 Å². The van der Waals surface area contributed by atoms with Crippen LogP contribution in [0.5, 0.6) is 0 Å². The number of carbonyl (C=O) groups is 1. The van der Waals surface area contributed by atoms with E-state index in [1.54, 1.807) is 13.3 Å². The summed E-state index contributed by atoms with van der Waals surface area (Å²) in [5.41, 5.74) is 5.30. The van der Waals surface area contributed by atoms with Gasteiger partial charge in [-0.05, 0) is 30.9 Å². The summed E-state index contributed by atoms with van der Waals surface area (Å²) < 4.78 is 5.31. The lowest BCUT2D eigenvalue weighted by Crippen LogP contribution is -2.47. The fourth-order valence-electron chi connectivity index (χ4n) is 2.79. The number of hydrogen-bond donors (Lipinski definition) is 2. The van der Waals surface area contributed by atoms with Crippen LogP contribution in [0, 0.1) is 5.92 Å². The summed E-state index contributed by atoms with van der Waals surface area (Å²) in [7, 11) is 1.78. The van der Waals surface area contributed by atoms with E-state index in [-0.39, 0.29) is 29.9 Å². The minimum absolute atomic E-state index is 0. The normalized spacial score (nSPS) is 18.7. The van der Waals surface area contributed by atoms with Crippen molar-refractivity contribution in [2.45, 2.75) is 25.7 Å². The molecule has 1 aliphatic heterocycles. The van der Waals surface area contributed by atoms with Gasteiger partial charge in [-0.3, -0.25) is 9.79 Å². The van der Waals surface area contributed by atoms with Crippen LogP contribution >= 0.6 is 24.0 Å². The quantitative estimate of drug-likeness (QED) is 0.431. The van der Waals surface area contributed by atoms with Gasteiger partial charge in [0, 0.05) is 39.5 Å². The summed E-state index contributed by atoms with van der Waals surface area (Å²) >= 11 is 0. The number of nitrogens with zero attached hydrogens (tertiary/aromatic N) is 2. The van der Waals surface area contributed by atoms with Crippen molar-refractivity contribution in [1.29, 1.82) is 0 Å². The monoisotopic (exact) mass is 420 g/mol. The molecular weight excluding hydrogens is 395 g/mol. The molecule has 1 atom stereocenters. The van der Waals surface area contributed by atoms with Gasteiger partial charge in [-0.15, -0.1) is 24.0 Å². The predicted molar refractivity (Wildman–Crippen MR) is 97.3 cm³/mol. The van der Waals surface area contributed by atoms with E-state index < -0.39 is 0 Å². The number of amides is 1. The molecule has 2 heterocycles. The van der Waals surface area contributed by atoms with Crippen LogP contribution in [0.2, 0.25) is 0 Å². The van der Waals surface area contributed by atoms with Gasteiger partial charge in [0.25, 0.3) is 0 Å². The Labute approximate surface area is 148 Å². The lowest BCUT2D eigenvalue weighted by Gasteiger charge is -2.34. The van der Waals surface area contributed by atoms with E-state index in [1.165, 1.54) is 0 Å². The van der Waals surface area contributed by atoms with Gasteiger partial charge in [-0.1, -0.05) is 0 Å². The summed E-state index contributed by atoms with van der Waals surface area (Å²) in [6.07, 6.45) is 5.09. The smallest absolute Gasteiger partial charge is 0.217 e. The molecule has 7 heteroatoms. The number of piperidine rings is 1. The number of hydrogen-bond acceptors (Lipinski definition) is 3. The number of aliphatic imine (C=N–C) groups is 1. The molecule has 3 N–H and O–H groups in total. The van der Waals surface area contributed by atoms with Crippen LogP contribution in [0.1, 0.15) is 25.0 Å². The Balaban J connectivity index is 0.00000242. The molecule has 22 heavy (non-hydrogen) atoms. The number of furan rings is 1. The van der Waals surface area contributed by atoms with Gasteiger partial charge in [0.15, 0.2) is 5.96 Å². The number of rotatable bonds is 5. The van der Waals surface area contributed by atoms with E-state index >= 15 is 0 Å². The van der Waals surface area contributed by atoms with Crippen molar-refractivity contribution in [3.63, 3.8) is 0 Å². The Morgan fingerprint density at radius 2 is 2.41 bits per heavy atom. The standard InChI is InChI=1S/C15H24N4O2.HI/c1-17-15(18-7-6-13-5-3-9-21-13)19-8-2-4-12(11-19)10-14(16)20;/h3,5,9,12H,2,4,6-8,10-11H2,1H3,(H2,16,20)(H,17,18);1H. The molecule has 1 aliphatic rings. The molecule has 2 rings (SSSR count).